The molecule has 162 valence electrons. The first-order valence-corrected chi connectivity index (χ1v) is 10.4. The average Bonchev–Trinajstić information content (AvgIpc) is 3.12. The highest BCUT2D eigenvalue weighted by molar-refractivity contribution is 7.89. The lowest BCUT2D eigenvalue weighted by atomic mass is 10.2. The van der Waals surface area contributed by atoms with Gasteiger partial charge in [0.05, 0.1) is 27.5 Å². The maximum atomic E-state index is 12.8. The first kappa shape index (κ1) is 23.4. The molecule has 0 aliphatic carbocycles. The Kier molecular flexibility index (Phi) is 6.88. The summed E-state index contributed by atoms with van der Waals surface area (Å²) < 4.78 is 65.8. The fraction of sp³-hybridized carbons (Fsp3) is 0.263. The van der Waals surface area contributed by atoms with Crippen LogP contribution < -0.4 is 10.5 Å². The second kappa shape index (κ2) is 8.84. The molecule has 4 N–H and O–H groups in total. The number of nitrogens with one attached hydrogen (secondary N) is 2. The molecule has 0 saturated heterocycles. The zero-order valence-corrected chi connectivity index (χ0v) is 17.2. The zero-order valence-electron chi connectivity index (χ0n) is 16.4. The Labute approximate surface area is 171 Å². The maximum absolute atomic E-state index is 12.8. The van der Waals surface area contributed by atoms with E-state index in [1.807, 2.05) is 13.8 Å². The summed E-state index contributed by atoms with van der Waals surface area (Å²) in [6.07, 6.45) is -4.50. The third-order valence-electron chi connectivity index (χ3n) is 4.02. The number of primary amides is 1. The van der Waals surface area contributed by atoms with Crippen molar-refractivity contribution in [1.82, 2.24) is 14.7 Å². The lowest BCUT2D eigenvalue weighted by molar-refractivity contribution is -0.137. The Morgan fingerprint density at radius 3 is 2.27 bits per heavy atom. The summed E-state index contributed by atoms with van der Waals surface area (Å²) >= 11 is 0. The molecule has 0 aliphatic heterocycles. The lowest BCUT2D eigenvalue weighted by Gasteiger charge is -2.12. The molecule has 0 bridgehead atoms. The highest BCUT2D eigenvalue weighted by Crippen LogP contribution is 2.31. The molecule has 0 spiro atoms. The number of aromatic nitrogens is 2. The van der Waals surface area contributed by atoms with Crippen LogP contribution >= 0.6 is 0 Å². The van der Waals surface area contributed by atoms with Gasteiger partial charge in [-0.1, -0.05) is 13.8 Å². The number of sulfonamides is 1. The SMILES string of the molecule is CC.C[C@@H](NS(=O)(=O)c1ccc(C(N)=O)cc1)c1nc2ccc(C(F)(F)F)cc2[nH]1. The fourth-order valence-electron chi connectivity index (χ4n) is 2.57. The van der Waals surface area contributed by atoms with Gasteiger partial charge in [0.2, 0.25) is 15.9 Å². The van der Waals surface area contributed by atoms with Crippen molar-refractivity contribution in [3.05, 3.63) is 59.4 Å². The van der Waals surface area contributed by atoms with E-state index >= 15 is 0 Å². The lowest BCUT2D eigenvalue weighted by Crippen LogP contribution is -2.27. The highest BCUT2D eigenvalue weighted by Gasteiger charge is 2.31. The molecule has 30 heavy (non-hydrogen) atoms. The van der Waals surface area contributed by atoms with E-state index in [2.05, 4.69) is 14.7 Å². The number of nitrogens with zero attached hydrogens (tertiary/aromatic N) is 1. The molecule has 2 aromatic carbocycles. The number of rotatable bonds is 5. The topological polar surface area (TPSA) is 118 Å². The van der Waals surface area contributed by atoms with Crippen LogP contribution in [0.15, 0.2) is 47.4 Å². The number of amides is 1. The molecule has 0 saturated carbocycles. The number of fused-ring (bicyclic) bond motifs is 1. The van der Waals surface area contributed by atoms with E-state index in [0.717, 1.165) is 12.1 Å². The third-order valence-corrected chi connectivity index (χ3v) is 5.58. The molecule has 1 amide bonds. The van der Waals surface area contributed by atoms with Crippen LogP contribution in [0.4, 0.5) is 13.2 Å². The third kappa shape index (κ3) is 5.16. The van der Waals surface area contributed by atoms with Crippen molar-refractivity contribution in [2.75, 3.05) is 0 Å². The van der Waals surface area contributed by atoms with E-state index in [9.17, 15) is 26.4 Å². The number of imidazole rings is 1. The Balaban J connectivity index is 0.00000155. The summed E-state index contributed by atoms with van der Waals surface area (Å²) in [4.78, 5) is 17.8. The average molecular weight is 442 g/mol. The number of H-pyrrole nitrogens is 1. The van der Waals surface area contributed by atoms with E-state index in [0.29, 0.717) is 0 Å². The predicted octanol–water partition coefficient (Wildman–Crippen LogP) is 3.75. The van der Waals surface area contributed by atoms with Gasteiger partial charge in [0.1, 0.15) is 5.82 Å². The van der Waals surface area contributed by atoms with Crippen LogP contribution in [0, 0.1) is 0 Å². The second-order valence-electron chi connectivity index (χ2n) is 6.08. The summed E-state index contributed by atoms with van der Waals surface area (Å²) in [5, 5.41) is 0. The van der Waals surface area contributed by atoms with Gasteiger partial charge < -0.3 is 10.7 Å². The number of hydrogen-bond donors (Lipinski definition) is 3. The minimum Gasteiger partial charge on any atom is -0.366 e. The van der Waals surface area contributed by atoms with Gasteiger partial charge >= 0.3 is 6.18 Å². The second-order valence-corrected chi connectivity index (χ2v) is 7.80. The molecule has 3 rings (SSSR count). The minimum absolute atomic E-state index is 0.0974. The summed E-state index contributed by atoms with van der Waals surface area (Å²) in [6, 6.07) is 7.19. The number of aromatic amines is 1. The van der Waals surface area contributed by atoms with Crippen molar-refractivity contribution >= 4 is 27.0 Å². The van der Waals surface area contributed by atoms with Gasteiger partial charge in [0.15, 0.2) is 0 Å². The van der Waals surface area contributed by atoms with Crippen LogP contribution in [0.1, 0.15) is 48.6 Å². The molecular formula is C19H21F3N4O3S. The van der Waals surface area contributed by atoms with Crippen LogP contribution in [0.25, 0.3) is 11.0 Å². The number of halogens is 3. The highest BCUT2D eigenvalue weighted by atomic mass is 32.2. The van der Waals surface area contributed by atoms with Gasteiger partial charge in [0.25, 0.3) is 0 Å². The van der Waals surface area contributed by atoms with Crippen LogP contribution in [0.3, 0.4) is 0 Å². The van der Waals surface area contributed by atoms with E-state index < -0.39 is 33.7 Å². The Hall–Kier alpha value is -2.92. The van der Waals surface area contributed by atoms with Gasteiger partial charge in [-0.15, -0.1) is 0 Å². The van der Waals surface area contributed by atoms with Crippen molar-refractivity contribution in [1.29, 1.82) is 0 Å². The summed E-state index contributed by atoms with van der Waals surface area (Å²) in [5.41, 5.74) is 4.86. The van der Waals surface area contributed by atoms with Gasteiger partial charge in [-0.2, -0.15) is 13.2 Å². The van der Waals surface area contributed by atoms with E-state index in [1.165, 1.54) is 37.3 Å². The summed E-state index contributed by atoms with van der Waals surface area (Å²) in [5.74, 6) is -0.530. The first-order chi connectivity index (χ1) is 14.0. The van der Waals surface area contributed by atoms with Gasteiger partial charge in [-0.05, 0) is 49.4 Å². The maximum Gasteiger partial charge on any atom is 0.416 e. The number of carbonyl (C=O) groups is 1. The molecular weight excluding hydrogens is 421 g/mol. The fourth-order valence-corrected chi connectivity index (χ4v) is 3.77. The monoisotopic (exact) mass is 442 g/mol. The number of hydrogen-bond acceptors (Lipinski definition) is 4. The quantitative estimate of drug-likeness (QED) is 0.558. The number of carbonyl (C=O) groups excluding carboxylic acids is 1. The van der Waals surface area contributed by atoms with Gasteiger partial charge in [0, 0.05) is 5.56 Å². The number of benzene rings is 2. The van der Waals surface area contributed by atoms with Crippen molar-refractivity contribution < 1.29 is 26.4 Å². The zero-order chi connectivity index (χ0) is 22.7. The van der Waals surface area contributed by atoms with E-state index in [4.69, 9.17) is 5.73 Å². The Morgan fingerprint density at radius 1 is 1.13 bits per heavy atom. The molecule has 11 heteroatoms. The van der Waals surface area contributed by atoms with Crippen LogP contribution in [-0.2, 0) is 16.2 Å². The standard InChI is InChI=1S/C17H15F3N4O3S.C2H6/c1-9(24-28(26,27)12-5-2-10(3-6-12)15(21)25)16-22-13-7-4-11(17(18,19)20)8-14(13)23-16;1-2/h2-9,24H,1H3,(H2,21,25)(H,22,23);1-2H3/t9-;/m1./s1. The Morgan fingerprint density at radius 2 is 1.73 bits per heavy atom. The van der Waals surface area contributed by atoms with Crippen molar-refractivity contribution in [3.63, 3.8) is 0 Å². The van der Waals surface area contributed by atoms with Crippen LogP contribution in [-0.4, -0.2) is 24.3 Å². The van der Waals surface area contributed by atoms with Gasteiger partial charge in [-0.3, -0.25) is 4.79 Å². The van der Waals surface area contributed by atoms with Crippen molar-refractivity contribution in [3.8, 4) is 0 Å². The first-order valence-electron chi connectivity index (χ1n) is 8.96. The molecule has 0 fully saturated rings. The molecule has 3 aromatic rings. The van der Waals surface area contributed by atoms with E-state index in [-0.39, 0.29) is 27.3 Å². The molecule has 1 atom stereocenters. The summed E-state index contributed by atoms with van der Waals surface area (Å²) in [6.45, 7) is 5.50. The van der Waals surface area contributed by atoms with Crippen LogP contribution in [0.2, 0.25) is 0 Å². The van der Waals surface area contributed by atoms with Crippen molar-refractivity contribution in [2.24, 2.45) is 5.73 Å². The molecule has 0 unspecified atom stereocenters. The van der Waals surface area contributed by atoms with Crippen molar-refractivity contribution in [2.45, 2.75) is 37.9 Å². The molecule has 0 radical (unpaired) electrons. The molecule has 1 heterocycles. The van der Waals surface area contributed by atoms with E-state index in [1.54, 1.807) is 0 Å². The molecule has 1 aromatic heterocycles. The Bertz CT molecular complexity index is 1140. The smallest absolute Gasteiger partial charge is 0.366 e. The summed E-state index contributed by atoms with van der Waals surface area (Å²) in [7, 11) is -3.96. The van der Waals surface area contributed by atoms with Crippen LogP contribution in [0.5, 0.6) is 0 Å². The van der Waals surface area contributed by atoms with Gasteiger partial charge in [-0.25, -0.2) is 18.1 Å². The number of alkyl halides is 3. The predicted molar refractivity (Wildman–Crippen MR) is 106 cm³/mol. The normalized spacial score (nSPS) is 12.9. The largest absolute Gasteiger partial charge is 0.416 e. The number of nitrogens with two attached hydrogens (primary N) is 1. The minimum atomic E-state index is -4.50. The molecule has 0 aliphatic rings. The molecule has 7 nitrogen and oxygen atoms in total.